The Morgan fingerprint density at radius 2 is 2.29 bits per heavy atom. The molecule has 5 nitrogen and oxygen atoms in total. The number of nitrogens with zero attached hydrogens (tertiary/aromatic N) is 2. The van der Waals surface area contributed by atoms with E-state index >= 15 is 0 Å². The van der Waals surface area contributed by atoms with E-state index in [4.69, 9.17) is 15.6 Å². The summed E-state index contributed by atoms with van der Waals surface area (Å²) in [5.41, 5.74) is 7.65. The molecule has 1 aliphatic rings. The van der Waals surface area contributed by atoms with Crippen LogP contribution in [0.2, 0.25) is 0 Å². The van der Waals surface area contributed by atoms with Gasteiger partial charge in [-0.25, -0.2) is 0 Å². The van der Waals surface area contributed by atoms with E-state index in [-0.39, 0.29) is 0 Å². The SMILES string of the molecule is CO.Nc1ccc2c(cnn2C2CCOC2)c1. The lowest BCUT2D eigenvalue weighted by Crippen LogP contribution is -2.09. The third kappa shape index (κ3) is 2.25. The molecule has 3 rings (SSSR count). The summed E-state index contributed by atoms with van der Waals surface area (Å²) in [4.78, 5) is 0. The minimum absolute atomic E-state index is 0.381. The van der Waals surface area contributed by atoms with Gasteiger partial charge in [0.25, 0.3) is 0 Å². The molecule has 1 aromatic carbocycles. The number of rotatable bonds is 1. The van der Waals surface area contributed by atoms with Crippen LogP contribution in [0.4, 0.5) is 5.69 Å². The number of nitrogens with two attached hydrogens (primary N) is 1. The molecule has 0 saturated carbocycles. The minimum Gasteiger partial charge on any atom is -0.400 e. The van der Waals surface area contributed by atoms with Gasteiger partial charge < -0.3 is 15.6 Å². The van der Waals surface area contributed by atoms with Gasteiger partial charge in [-0.2, -0.15) is 5.10 Å². The predicted molar refractivity (Wildman–Crippen MR) is 66.8 cm³/mol. The summed E-state index contributed by atoms with van der Waals surface area (Å²) in [5, 5.41) is 12.5. The van der Waals surface area contributed by atoms with E-state index in [1.165, 1.54) is 0 Å². The first kappa shape index (κ1) is 11.9. The maximum absolute atomic E-state index is 7.00. The normalized spacial score (nSPS) is 19.1. The Hall–Kier alpha value is -1.59. The Balaban J connectivity index is 0.000000514. The molecule has 3 N–H and O–H groups in total. The van der Waals surface area contributed by atoms with Gasteiger partial charge in [-0.3, -0.25) is 4.68 Å². The fourth-order valence-electron chi connectivity index (χ4n) is 2.08. The Bertz CT molecular complexity index is 489. The molecule has 0 spiro atoms. The lowest BCUT2D eigenvalue weighted by molar-refractivity contribution is 0.185. The van der Waals surface area contributed by atoms with Gasteiger partial charge in [-0.05, 0) is 24.6 Å². The van der Waals surface area contributed by atoms with Gasteiger partial charge in [0.15, 0.2) is 0 Å². The van der Waals surface area contributed by atoms with Gasteiger partial charge >= 0.3 is 0 Å². The third-order valence-electron chi connectivity index (χ3n) is 2.87. The van der Waals surface area contributed by atoms with Crippen molar-refractivity contribution in [1.29, 1.82) is 0 Å². The van der Waals surface area contributed by atoms with Gasteiger partial charge in [-0.15, -0.1) is 0 Å². The number of anilines is 1. The minimum atomic E-state index is 0.381. The first-order chi connectivity index (χ1) is 8.34. The van der Waals surface area contributed by atoms with Crippen LogP contribution in [0.1, 0.15) is 12.5 Å². The summed E-state index contributed by atoms with van der Waals surface area (Å²) in [6.45, 7) is 1.60. The lowest BCUT2D eigenvalue weighted by Gasteiger charge is -2.09. The average molecular weight is 235 g/mol. The summed E-state index contributed by atoms with van der Waals surface area (Å²) >= 11 is 0. The van der Waals surface area contributed by atoms with E-state index in [2.05, 4.69) is 5.10 Å². The molecule has 1 atom stereocenters. The van der Waals surface area contributed by atoms with E-state index in [1.54, 1.807) is 0 Å². The van der Waals surface area contributed by atoms with Crippen LogP contribution in [-0.2, 0) is 4.74 Å². The van der Waals surface area contributed by atoms with Gasteiger partial charge in [0, 0.05) is 24.8 Å². The maximum atomic E-state index is 7.00. The zero-order chi connectivity index (χ0) is 12.3. The smallest absolute Gasteiger partial charge is 0.0781 e. The summed E-state index contributed by atoms with van der Waals surface area (Å²) in [5.74, 6) is 0. The van der Waals surface area contributed by atoms with E-state index in [0.717, 1.165) is 43.3 Å². The molecule has 0 radical (unpaired) electrons. The highest BCUT2D eigenvalue weighted by atomic mass is 16.5. The van der Waals surface area contributed by atoms with E-state index in [1.807, 2.05) is 29.1 Å². The van der Waals surface area contributed by atoms with Gasteiger partial charge in [0.1, 0.15) is 0 Å². The topological polar surface area (TPSA) is 73.3 Å². The molecule has 1 fully saturated rings. The summed E-state index contributed by atoms with van der Waals surface area (Å²) in [6.07, 6.45) is 2.91. The molecule has 92 valence electrons. The zero-order valence-corrected chi connectivity index (χ0v) is 9.84. The summed E-state index contributed by atoms with van der Waals surface area (Å²) in [6, 6.07) is 6.27. The number of aliphatic hydroxyl groups excluding tert-OH is 1. The highest BCUT2D eigenvalue weighted by Crippen LogP contribution is 2.24. The highest BCUT2D eigenvalue weighted by Gasteiger charge is 2.19. The predicted octanol–water partition coefficient (Wildman–Crippen LogP) is 1.19. The molecular formula is C12H17N3O2. The first-order valence-corrected chi connectivity index (χ1v) is 5.60. The summed E-state index contributed by atoms with van der Waals surface area (Å²) < 4.78 is 7.41. The van der Waals surface area contributed by atoms with Crippen LogP contribution in [0.5, 0.6) is 0 Å². The molecule has 0 aliphatic carbocycles. The van der Waals surface area contributed by atoms with E-state index in [9.17, 15) is 0 Å². The molecule has 2 aromatic rings. The van der Waals surface area contributed by atoms with Gasteiger partial charge in [-0.1, -0.05) is 0 Å². The fraction of sp³-hybridized carbons (Fsp3) is 0.417. The fourth-order valence-corrected chi connectivity index (χ4v) is 2.08. The van der Waals surface area contributed by atoms with Crippen molar-refractivity contribution in [2.75, 3.05) is 26.1 Å². The van der Waals surface area contributed by atoms with Crippen LogP contribution >= 0.6 is 0 Å². The van der Waals surface area contributed by atoms with Crippen LogP contribution in [0.15, 0.2) is 24.4 Å². The van der Waals surface area contributed by atoms with E-state index in [0.29, 0.717) is 6.04 Å². The monoisotopic (exact) mass is 235 g/mol. The maximum Gasteiger partial charge on any atom is 0.0781 e. The number of benzene rings is 1. The Labute approximate surface area is 99.8 Å². The molecule has 1 aliphatic heterocycles. The number of fused-ring (bicyclic) bond motifs is 1. The molecule has 2 heterocycles. The second-order valence-electron chi connectivity index (χ2n) is 3.92. The molecule has 5 heteroatoms. The van der Waals surface area contributed by atoms with Crippen LogP contribution in [0.25, 0.3) is 10.9 Å². The van der Waals surface area contributed by atoms with Crippen LogP contribution in [0, 0.1) is 0 Å². The van der Waals surface area contributed by atoms with Crippen LogP contribution in [-0.4, -0.2) is 35.2 Å². The Morgan fingerprint density at radius 3 is 3.00 bits per heavy atom. The van der Waals surface area contributed by atoms with Crippen LogP contribution in [0.3, 0.4) is 0 Å². The van der Waals surface area contributed by atoms with Crippen molar-refractivity contribution in [2.45, 2.75) is 12.5 Å². The van der Waals surface area contributed by atoms with Crippen molar-refractivity contribution in [2.24, 2.45) is 0 Å². The van der Waals surface area contributed by atoms with Crippen molar-refractivity contribution in [3.8, 4) is 0 Å². The molecular weight excluding hydrogens is 218 g/mol. The first-order valence-electron chi connectivity index (χ1n) is 5.60. The van der Waals surface area contributed by atoms with Crippen molar-refractivity contribution in [3.05, 3.63) is 24.4 Å². The Kier molecular flexibility index (Phi) is 3.61. The largest absolute Gasteiger partial charge is 0.400 e. The number of aromatic nitrogens is 2. The van der Waals surface area contributed by atoms with Gasteiger partial charge in [0.2, 0.25) is 0 Å². The van der Waals surface area contributed by atoms with Crippen molar-refractivity contribution < 1.29 is 9.84 Å². The molecule has 17 heavy (non-hydrogen) atoms. The number of hydrogen-bond acceptors (Lipinski definition) is 4. The van der Waals surface area contributed by atoms with Crippen molar-refractivity contribution in [3.63, 3.8) is 0 Å². The Morgan fingerprint density at radius 1 is 1.47 bits per heavy atom. The van der Waals surface area contributed by atoms with E-state index < -0.39 is 0 Å². The molecule has 0 amide bonds. The average Bonchev–Trinajstić information content (AvgIpc) is 2.98. The zero-order valence-electron chi connectivity index (χ0n) is 9.84. The molecule has 1 unspecified atom stereocenters. The van der Waals surface area contributed by atoms with Crippen LogP contribution < -0.4 is 5.73 Å². The second-order valence-corrected chi connectivity index (χ2v) is 3.92. The molecule has 1 aromatic heterocycles. The number of nitrogen functional groups attached to an aromatic ring is 1. The lowest BCUT2D eigenvalue weighted by atomic mass is 10.2. The summed E-state index contributed by atoms with van der Waals surface area (Å²) in [7, 11) is 1.00. The highest BCUT2D eigenvalue weighted by molar-refractivity contribution is 5.82. The number of aliphatic hydroxyl groups is 1. The van der Waals surface area contributed by atoms with Crippen molar-refractivity contribution in [1.82, 2.24) is 9.78 Å². The van der Waals surface area contributed by atoms with Crippen molar-refractivity contribution >= 4 is 16.6 Å². The third-order valence-corrected chi connectivity index (χ3v) is 2.87. The molecule has 1 saturated heterocycles. The quantitative estimate of drug-likeness (QED) is 0.728. The second kappa shape index (κ2) is 5.16. The standard InChI is InChI=1S/C11H13N3O.CH4O/c12-9-1-2-11-8(5-9)6-13-14(11)10-3-4-15-7-10;1-2/h1-2,5-6,10H,3-4,7,12H2;2H,1H3. The van der Waals surface area contributed by atoms with Gasteiger partial charge in [0.05, 0.1) is 24.4 Å². The number of hydrogen-bond donors (Lipinski definition) is 2. The molecule has 0 bridgehead atoms. The number of ether oxygens (including phenoxy) is 1.